The fraction of sp³-hybridized carbons (Fsp3) is 0.474. The summed E-state index contributed by atoms with van der Waals surface area (Å²) in [5.74, 6) is 0.768. The number of H-pyrrole nitrogens is 1. The van der Waals surface area contributed by atoms with Crippen LogP contribution in [0.15, 0.2) is 24.4 Å². The minimum absolute atomic E-state index is 0.314. The molecule has 0 aliphatic carbocycles. The molecule has 5 rings (SSSR count). The van der Waals surface area contributed by atoms with Gasteiger partial charge in [0, 0.05) is 56.9 Å². The number of piperazine rings is 1. The van der Waals surface area contributed by atoms with Crippen molar-refractivity contribution in [2.75, 3.05) is 37.6 Å². The summed E-state index contributed by atoms with van der Waals surface area (Å²) in [7, 11) is 0. The molecule has 4 heterocycles. The van der Waals surface area contributed by atoms with Crippen molar-refractivity contribution in [3.05, 3.63) is 41.2 Å². The molecule has 2 aliphatic rings. The van der Waals surface area contributed by atoms with Crippen LogP contribution in [0.3, 0.4) is 0 Å². The number of aromatic amines is 1. The molecule has 146 valence electrons. The van der Waals surface area contributed by atoms with Gasteiger partial charge in [-0.2, -0.15) is 0 Å². The number of aliphatic hydroxyl groups excluding tert-OH is 1. The molecule has 0 bridgehead atoms. The number of aliphatic hydroxyl groups is 1. The number of anilines is 1. The number of benzene rings is 1. The van der Waals surface area contributed by atoms with Crippen LogP contribution in [-0.2, 0) is 6.42 Å². The van der Waals surface area contributed by atoms with Crippen molar-refractivity contribution < 1.29 is 5.11 Å². The van der Waals surface area contributed by atoms with Crippen LogP contribution in [0.4, 0.5) is 5.95 Å². The van der Waals surface area contributed by atoms with Crippen molar-refractivity contribution >= 4 is 17.0 Å². The van der Waals surface area contributed by atoms with E-state index >= 15 is 0 Å². The van der Waals surface area contributed by atoms with E-state index in [2.05, 4.69) is 54.6 Å². The molecule has 2 unspecified atom stereocenters. The van der Waals surface area contributed by atoms with Gasteiger partial charge in [-0.25, -0.2) is 9.97 Å². The molecule has 1 aromatic carbocycles. The van der Waals surface area contributed by atoms with Gasteiger partial charge in [-0.05, 0) is 24.6 Å². The van der Waals surface area contributed by atoms with Crippen LogP contribution in [0, 0.1) is 0 Å². The molecule has 0 radical (unpaired) electrons. The molecule has 2 aromatic heterocycles. The number of hydrogen-bond donors (Lipinski definition) is 3. The third-order valence-corrected chi connectivity index (χ3v) is 5.86. The first kappa shape index (κ1) is 17.5. The van der Waals surface area contributed by atoms with E-state index in [1.807, 2.05) is 6.07 Å². The minimum atomic E-state index is -0.655. The Morgan fingerprint density at radius 1 is 1.21 bits per heavy atom. The van der Waals surface area contributed by atoms with Crippen LogP contribution in [0.5, 0.6) is 0 Å². The fourth-order valence-electron chi connectivity index (χ4n) is 4.07. The zero-order valence-corrected chi connectivity index (χ0v) is 15.8. The highest BCUT2D eigenvalue weighted by atomic mass is 16.3. The number of rotatable bonds is 3. The number of hydrogen-bond acceptors (Lipinski definition) is 8. The van der Waals surface area contributed by atoms with Gasteiger partial charge in [0.25, 0.3) is 0 Å². The van der Waals surface area contributed by atoms with Gasteiger partial charge in [0.1, 0.15) is 11.7 Å². The first-order chi connectivity index (χ1) is 13.7. The van der Waals surface area contributed by atoms with E-state index in [0.29, 0.717) is 6.04 Å². The Labute approximate surface area is 162 Å². The van der Waals surface area contributed by atoms with Gasteiger partial charge in [-0.15, -0.1) is 5.10 Å². The van der Waals surface area contributed by atoms with E-state index < -0.39 is 6.23 Å². The lowest BCUT2D eigenvalue weighted by Crippen LogP contribution is -2.48. The maximum absolute atomic E-state index is 10.00. The molecule has 0 saturated carbocycles. The highest BCUT2D eigenvalue weighted by molar-refractivity contribution is 5.74. The molecule has 28 heavy (non-hydrogen) atoms. The number of nitrogens with zero attached hydrogens (tertiary/aromatic N) is 6. The average molecular weight is 380 g/mol. The summed E-state index contributed by atoms with van der Waals surface area (Å²) < 4.78 is 0. The number of fused-ring (bicyclic) bond motifs is 2. The highest BCUT2D eigenvalue weighted by Crippen LogP contribution is 2.26. The molecule has 0 amide bonds. The summed E-state index contributed by atoms with van der Waals surface area (Å²) in [6.07, 6.45) is 1.93. The summed E-state index contributed by atoms with van der Waals surface area (Å²) in [6.45, 7) is 6.64. The Balaban J connectivity index is 1.27. The predicted molar refractivity (Wildman–Crippen MR) is 105 cm³/mol. The summed E-state index contributed by atoms with van der Waals surface area (Å²) in [5.41, 5.74) is 4.87. The molecule has 2 atom stereocenters. The van der Waals surface area contributed by atoms with E-state index in [0.717, 1.165) is 67.4 Å². The van der Waals surface area contributed by atoms with E-state index in [1.165, 1.54) is 5.56 Å². The number of aromatic nitrogens is 5. The van der Waals surface area contributed by atoms with Gasteiger partial charge >= 0.3 is 0 Å². The molecule has 2 aliphatic heterocycles. The molecule has 3 N–H and O–H groups in total. The normalized spacial score (nSPS) is 21.6. The first-order valence-corrected chi connectivity index (χ1v) is 9.76. The molecule has 1 saturated heterocycles. The molecule has 9 heteroatoms. The van der Waals surface area contributed by atoms with E-state index in [-0.39, 0.29) is 0 Å². The summed E-state index contributed by atoms with van der Waals surface area (Å²) in [4.78, 5) is 13.9. The second kappa shape index (κ2) is 7.08. The Hall–Kier alpha value is -2.62. The summed E-state index contributed by atoms with van der Waals surface area (Å²) >= 11 is 0. The molecule has 3 aromatic rings. The Morgan fingerprint density at radius 3 is 2.93 bits per heavy atom. The zero-order valence-electron chi connectivity index (χ0n) is 15.8. The SMILES string of the molecule is CC(c1ccc2[nH]nnc2c1)N1CCN(c2ncc3c(n2)CCNC3O)CC1. The predicted octanol–water partition coefficient (Wildman–Crippen LogP) is 0.768. The smallest absolute Gasteiger partial charge is 0.225 e. The van der Waals surface area contributed by atoms with Gasteiger partial charge < -0.3 is 10.0 Å². The van der Waals surface area contributed by atoms with Crippen molar-refractivity contribution in [2.24, 2.45) is 0 Å². The molecule has 0 spiro atoms. The van der Waals surface area contributed by atoms with Crippen LogP contribution in [0.25, 0.3) is 11.0 Å². The Bertz CT molecular complexity index is 981. The van der Waals surface area contributed by atoms with Gasteiger partial charge in [0.15, 0.2) is 0 Å². The first-order valence-electron chi connectivity index (χ1n) is 9.76. The van der Waals surface area contributed by atoms with Gasteiger partial charge in [-0.3, -0.25) is 15.3 Å². The van der Waals surface area contributed by atoms with Crippen molar-refractivity contribution in [3.63, 3.8) is 0 Å². The van der Waals surface area contributed by atoms with Crippen LogP contribution in [-0.4, -0.2) is 68.1 Å². The number of nitrogens with one attached hydrogen (secondary N) is 2. The maximum atomic E-state index is 10.00. The van der Waals surface area contributed by atoms with Crippen LogP contribution in [0.2, 0.25) is 0 Å². The lowest BCUT2D eigenvalue weighted by atomic mass is 10.1. The second-order valence-corrected chi connectivity index (χ2v) is 7.47. The molecular weight excluding hydrogens is 356 g/mol. The van der Waals surface area contributed by atoms with Gasteiger partial charge in [-0.1, -0.05) is 11.3 Å². The third kappa shape index (κ3) is 3.11. The molecular formula is C19H24N8O. The largest absolute Gasteiger partial charge is 0.374 e. The van der Waals surface area contributed by atoms with Gasteiger partial charge in [0.05, 0.1) is 11.2 Å². The highest BCUT2D eigenvalue weighted by Gasteiger charge is 2.25. The summed E-state index contributed by atoms with van der Waals surface area (Å²) in [5, 5.41) is 23.9. The van der Waals surface area contributed by atoms with Crippen LogP contribution < -0.4 is 10.2 Å². The summed E-state index contributed by atoms with van der Waals surface area (Å²) in [6, 6.07) is 6.61. The zero-order chi connectivity index (χ0) is 19.1. The van der Waals surface area contributed by atoms with Crippen LogP contribution in [0.1, 0.15) is 36.0 Å². The second-order valence-electron chi connectivity index (χ2n) is 7.47. The van der Waals surface area contributed by atoms with Crippen molar-refractivity contribution in [2.45, 2.75) is 25.6 Å². The topological polar surface area (TPSA) is 106 Å². The molecule has 1 fully saturated rings. The lowest BCUT2D eigenvalue weighted by Gasteiger charge is -2.38. The average Bonchev–Trinajstić information content (AvgIpc) is 3.21. The fourth-order valence-corrected chi connectivity index (χ4v) is 4.07. The van der Waals surface area contributed by atoms with Crippen molar-refractivity contribution in [1.29, 1.82) is 0 Å². The van der Waals surface area contributed by atoms with Crippen molar-refractivity contribution in [3.8, 4) is 0 Å². The van der Waals surface area contributed by atoms with Crippen molar-refractivity contribution in [1.82, 2.24) is 35.6 Å². The maximum Gasteiger partial charge on any atom is 0.225 e. The quantitative estimate of drug-likeness (QED) is 0.612. The van der Waals surface area contributed by atoms with Crippen LogP contribution >= 0.6 is 0 Å². The Morgan fingerprint density at radius 2 is 2.07 bits per heavy atom. The molecule has 9 nitrogen and oxygen atoms in total. The monoisotopic (exact) mass is 380 g/mol. The van der Waals surface area contributed by atoms with E-state index in [9.17, 15) is 5.11 Å². The van der Waals surface area contributed by atoms with Gasteiger partial charge in [0.2, 0.25) is 5.95 Å². The lowest BCUT2D eigenvalue weighted by molar-refractivity contribution is 0.130. The third-order valence-electron chi connectivity index (χ3n) is 5.86. The standard InChI is InChI=1S/C19H24N8O/c1-12(13-2-3-16-17(10-13)24-25-23-16)26-6-8-27(9-7-26)19-21-11-14-15(22-19)4-5-20-18(14)28/h2-3,10-12,18,20,28H,4-9H2,1H3,(H,23,24,25). The Kier molecular flexibility index (Phi) is 4.42. The van der Waals surface area contributed by atoms with E-state index in [4.69, 9.17) is 4.98 Å². The minimum Gasteiger partial charge on any atom is -0.374 e. The van der Waals surface area contributed by atoms with E-state index in [1.54, 1.807) is 6.20 Å².